The summed E-state index contributed by atoms with van der Waals surface area (Å²) in [4.78, 5) is 27.3. The highest BCUT2D eigenvalue weighted by Crippen LogP contribution is 2.33. The van der Waals surface area contributed by atoms with Crippen LogP contribution in [0.3, 0.4) is 0 Å². The van der Waals surface area contributed by atoms with Crippen molar-refractivity contribution in [2.75, 3.05) is 20.7 Å². The van der Waals surface area contributed by atoms with Crippen molar-refractivity contribution in [1.82, 2.24) is 24.4 Å². The van der Waals surface area contributed by atoms with Gasteiger partial charge < -0.3 is 14.2 Å². The Morgan fingerprint density at radius 1 is 1.16 bits per heavy atom. The van der Waals surface area contributed by atoms with Crippen LogP contribution in [0.5, 0.6) is 5.88 Å². The Kier molecular flexibility index (Phi) is 8.75. The molecule has 0 N–H and O–H groups in total. The first-order valence-corrected chi connectivity index (χ1v) is 11.4. The van der Waals surface area contributed by atoms with Crippen molar-refractivity contribution in [2.45, 2.75) is 66.8 Å². The number of pyridine rings is 1. The van der Waals surface area contributed by atoms with Gasteiger partial charge in [-0.3, -0.25) is 4.79 Å². The van der Waals surface area contributed by atoms with Crippen LogP contribution in [0.1, 0.15) is 70.0 Å². The first kappa shape index (κ1) is 25.3. The molecule has 0 aliphatic carbocycles. The molecule has 1 amide bonds. The van der Waals surface area contributed by atoms with Gasteiger partial charge in [-0.15, -0.1) is 0 Å². The molecule has 0 saturated heterocycles. The van der Waals surface area contributed by atoms with Crippen molar-refractivity contribution in [2.24, 2.45) is 0 Å². The lowest BCUT2D eigenvalue weighted by molar-refractivity contribution is -0.117. The predicted octanol–water partition coefficient (Wildman–Crippen LogP) is 5.31. The molecule has 0 radical (unpaired) electrons. The highest BCUT2D eigenvalue weighted by atomic mass is 16.5. The Labute approximate surface area is 191 Å². The van der Waals surface area contributed by atoms with Gasteiger partial charge in [0.25, 0.3) is 0 Å². The van der Waals surface area contributed by atoms with E-state index >= 15 is 0 Å². The van der Waals surface area contributed by atoms with Gasteiger partial charge in [-0.1, -0.05) is 34.6 Å². The van der Waals surface area contributed by atoms with Gasteiger partial charge in [-0.25, -0.2) is 15.0 Å². The molecule has 0 unspecified atom stereocenters. The van der Waals surface area contributed by atoms with Crippen molar-refractivity contribution in [3.05, 3.63) is 35.3 Å². The first-order valence-electron chi connectivity index (χ1n) is 11.4. The number of methoxy groups -OCH3 is 1. The predicted molar refractivity (Wildman–Crippen MR) is 130 cm³/mol. The Morgan fingerprint density at radius 2 is 1.84 bits per heavy atom. The monoisotopic (exact) mass is 439 g/mol. The Balaban J connectivity index is 0.00000176. The Hall–Kier alpha value is -2.96. The van der Waals surface area contributed by atoms with E-state index in [1.807, 2.05) is 39.8 Å². The maximum absolute atomic E-state index is 11.1. The number of rotatable bonds is 8. The fourth-order valence-corrected chi connectivity index (χ4v) is 3.72. The first-order chi connectivity index (χ1) is 15.3. The quantitative estimate of drug-likeness (QED) is 0.445. The van der Waals surface area contributed by atoms with Gasteiger partial charge in [0, 0.05) is 25.5 Å². The Bertz CT molecular complexity index is 1060. The van der Waals surface area contributed by atoms with Crippen LogP contribution in [-0.2, 0) is 4.79 Å². The number of nitrogens with zero attached hydrogens (tertiary/aromatic N) is 5. The summed E-state index contributed by atoms with van der Waals surface area (Å²) in [5.74, 6) is 0.878. The summed E-state index contributed by atoms with van der Waals surface area (Å²) < 4.78 is 7.73. The minimum absolute atomic E-state index is 0.137. The van der Waals surface area contributed by atoms with Crippen LogP contribution >= 0.6 is 0 Å². The number of carbonyl (C=O) groups is 1. The second-order valence-electron chi connectivity index (χ2n) is 8.10. The molecular formula is C25H37N5O2. The molecule has 0 saturated carbocycles. The SMILES string of the molecule is CC.CC[C@@H](CN(C)C=O)n1cc(C)c2nc(-c3ccc(C(C)C)nc3OC)c(C)nc21. The van der Waals surface area contributed by atoms with Crippen LogP contribution in [0.15, 0.2) is 18.3 Å². The zero-order valence-electron chi connectivity index (χ0n) is 20.9. The van der Waals surface area contributed by atoms with Gasteiger partial charge in [0.2, 0.25) is 12.3 Å². The zero-order valence-corrected chi connectivity index (χ0v) is 20.9. The average Bonchev–Trinajstić information content (AvgIpc) is 3.12. The van der Waals surface area contributed by atoms with Gasteiger partial charge in [-0.2, -0.15) is 0 Å². The summed E-state index contributed by atoms with van der Waals surface area (Å²) in [5, 5.41) is 0. The third kappa shape index (κ3) is 5.09. The number of aryl methyl sites for hydroxylation is 2. The molecule has 3 heterocycles. The number of likely N-dealkylation sites (N-methyl/N-ethyl adjacent to an activating group) is 1. The van der Waals surface area contributed by atoms with E-state index in [0.29, 0.717) is 18.3 Å². The summed E-state index contributed by atoms with van der Waals surface area (Å²) in [6.45, 7) is 15.0. The number of ether oxygens (including phenoxy) is 1. The molecule has 0 spiro atoms. The molecule has 3 aromatic rings. The summed E-state index contributed by atoms with van der Waals surface area (Å²) in [5.41, 5.74) is 6.17. The lowest BCUT2D eigenvalue weighted by Gasteiger charge is -2.22. The molecule has 1 atom stereocenters. The number of aromatic nitrogens is 4. The maximum Gasteiger partial charge on any atom is 0.222 e. The molecule has 0 bridgehead atoms. The summed E-state index contributed by atoms with van der Waals surface area (Å²) >= 11 is 0. The lowest BCUT2D eigenvalue weighted by atomic mass is 10.1. The third-order valence-corrected chi connectivity index (χ3v) is 5.47. The molecule has 7 nitrogen and oxygen atoms in total. The molecule has 0 fully saturated rings. The molecule has 0 aliphatic rings. The standard InChI is InChI=1S/C23H31N5O2.C2H6/c1-8-17(12-27(6)13-29)28-11-15(4)20-22(28)24-16(5)21(26-20)18-9-10-19(14(2)3)25-23(18)30-7;1-2/h9-11,13-14,17H,8,12H2,1-7H3;1-2H3/t17-;/m0./s1. The number of fused-ring (bicyclic) bond motifs is 1. The van der Waals surface area contributed by atoms with Crippen molar-refractivity contribution in [3.8, 4) is 17.1 Å². The van der Waals surface area contributed by atoms with Gasteiger partial charge in [0.15, 0.2) is 5.65 Å². The molecule has 3 rings (SSSR count). The highest BCUT2D eigenvalue weighted by molar-refractivity contribution is 5.81. The minimum atomic E-state index is 0.137. The van der Waals surface area contributed by atoms with Crippen LogP contribution in [0.2, 0.25) is 0 Å². The van der Waals surface area contributed by atoms with Crippen LogP contribution < -0.4 is 4.74 Å². The summed E-state index contributed by atoms with van der Waals surface area (Å²) in [6.07, 6.45) is 3.83. The second-order valence-corrected chi connectivity index (χ2v) is 8.10. The molecule has 0 aliphatic heterocycles. The topological polar surface area (TPSA) is 73.1 Å². The smallest absolute Gasteiger partial charge is 0.222 e. The van der Waals surface area contributed by atoms with E-state index in [1.165, 1.54) is 0 Å². The van der Waals surface area contributed by atoms with Crippen LogP contribution in [0, 0.1) is 13.8 Å². The minimum Gasteiger partial charge on any atom is -0.480 e. The second kappa shape index (κ2) is 11.1. The average molecular weight is 440 g/mol. The molecular weight excluding hydrogens is 402 g/mol. The third-order valence-electron chi connectivity index (χ3n) is 5.47. The molecule has 174 valence electrons. The van der Waals surface area contributed by atoms with Crippen molar-refractivity contribution in [1.29, 1.82) is 0 Å². The highest BCUT2D eigenvalue weighted by Gasteiger charge is 2.21. The number of hydrogen-bond acceptors (Lipinski definition) is 5. The zero-order chi connectivity index (χ0) is 24.0. The molecule has 32 heavy (non-hydrogen) atoms. The van der Waals surface area contributed by atoms with E-state index in [1.54, 1.807) is 19.1 Å². The fourth-order valence-electron chi connectivity index (χ4n) is 3.72. The summed E-state index contributed by atoms with van der Waals surface area (Å²) in [7, 11) is 3.43. The van der Waals surface area contributed by atoms with Gasteiger partial charge in [0.1, 0.15) is 5.52 Å². The van der Waals surface area contributed by atoms with Crippen LogP contribution in [0.25, 0.3) is 22.4 Å². The molecule has 7 heteroatoms. The van der Waals surface area contributed by atoms with Gasteiger partial charge in [-0.05, 0) is 43.9 Å². The van der Waals surface area contributed by atoms with E-state index in [2.05, 4.69) is 36.5 Å². The van der Waals surface area contributed by atoms with Crippen LogP contribution in [0.4, 0.5) is 0 Å². The van der Waals surface area contributed by atoms with Crippen molar-refractivity contribution in [3.63, 3.8) is 0 Å². The van der Waals surface area contributed by atoms with E-state index in [9.17, 15) is 4.79 Å². The van der Waals surface area contributed by atoms with E-state index in [0.717, 1.165) is 52.2 Å². The number of hydrogen-bond donors (Lipinski definition) is 0. The van der Waals surface area contributed by atoms with Gasteiger partial charge in [0.05, 0.1) is 30.1 Å². The number of amides is 1. The van der Waals surface area contributed by atoms with Crippen molar-refractivity contribution >= 4 is 17.6 Å². The molecule has 0 aromatic carbocycles. The van der Waals surface area contributed by atoms with E-state index in [4.69, 9.17) is 14.7 Å². The molecule has 3 aromatic heterocycles. The Morgan fingerprint density at radius 3 is 2.41 bits per heavy atom. The number of carbonyl (C=O) groups excluding carboxylic acids is 1. The summed E-state index contributed by atoms with van der Waals surface area (Å²) in [6, 6.07) is 4.18. The largest absolute Gasteiger partial charge is 0.480 e. The normalized spacial score (nSPS) is 11.8. The van der Waals surface area contributed by atoms with Crippen molar-refractivity contribution < 1.29 is 9.53 Å². The van der Waals surface area contributed by atoms with E-state index in [-0.39, 0.29) is 6.04 Å². The van der Waals surface area contributed by atoms with Crippen LogP contribution in [-0.4, -0.2) is 51.5 Å². The lowest BCUT2D eigenvalue weighted by Crippen LogP contribution is -2.26. The fraction of sp³-hybridized carbons (Fsp3) is 0.520. The van der Waals surface area contributed by atoms with Gasteiger partial charge >= 0.3 is 0 Å². The van der Waals surface area contributed by atoms with E-state index < -0.39 is 0 Å². The maximum atomic E-state index is 11.1.